The molecule has 0 amide bonds. The first-order valence-corrected chi connectivity index (χ1v) is 2.16. The molecule has 1 rings (SSSR count). The fourth-order valence-corrected chi connectivity index (χ4v) is 0.346. The quantitative estimate of drug-likeness (QED) is 0.463. The molecule has 1 heterocycles. The predicted molar refractivity (Wildman–Crippen MR) is 28.3 cm³/mol. The molecule has 0 saturated heterocycles. The van der Waals surface area contributed by atoms with Gasteiger partial charge in [0, 0.05) is 12.1 Å². The Morgan fingerprint density at radius 3 is 2.12 bits per heavy atom. The lowest BCUT2D eigenvalue weighted by atomic mass is 10.5. The Kier molecular flexibility index (Phi) is 1.32. The zero-order valence-electron chi connectivity index (χ0n) is 4.11. The second-order valence-electron chi connectivity index (χ2n) is 1.26. The van der Waals surface area contributed by atoms with Crippen molar-refractivity contribution in [2.24, 2.45) is 0 Å². The minimum absolute atomic E-state index is 0.0741. The Labute approximate surface area is 46.0 Å². The van der Waals surface area contributed by atoms with Crippen molar-refractivity contribution < 1.29 is 0 Å². The molecule has 1 aromatic heterocycles. The Balaban J connectivity index is 3.32. The van der Waals surface area contributed by atoms with Gasteiger partial charge in [0.2, 0.25) is 0 Å². The number of hydrogen-bond donors (Lipinski definition) is 0. The summed E-state index contributed by atoms with van der Waals surface area (Å²) in [5, 5.41) is 6.92. The van der Waals surface area contributed by atoms with Gasteiger partial charge in [0.25, 0.3) is 0 Å². The Morgan fingerprint density at radius 1 is 1.12 bits per heavy atom. The summed E-state index contributed by atoms with van der Waals surface area (Å²) in [5.74, 6) is 0. The maximum absolute atomic E-state index is 10.4. The maximum Gasteiger partial charge on any atom is 0.181 e. The Bertz CT molecular complexity index is 201. The summed E-state index contributed by atoms with van der Waals surface area (Å²) in [6, 6.07) is 2.71. The molecule has 0 aliphatic carbocycles. The van der Waals surface area contributed by atoms with Crippen LogP contribution in [0, 0.1) is 0 Å². The topological polar surface area (TPSA) is 42.9 Å². The van der Waals surface area contributed by atoms with Crippen LogP contribution < -0.4 is 5.43 Å². The molecule has 0 radical (unpaired) electrons. The molecule has 1 aromatic rings. The van der Waals surface area contributed by atoms with E-state index in [0.717, 1.165) is 0 Å². The van der Waals surface area contributed by atoms with E-state index >= 15 is 0 Å². The second kappa shape index (κ2) is 2.16. The van der Waals surface area contributed by atoms with Gasteiger partial charge >= 0.3 is 0 Å². The first-order valence-electron chi connectivity index (χ1n) is 2.16. The first-order chi connectivity index (χ1) is 3.89. The van der Waals surface area contributed by atoms with Crippen molar-refractivity contribution in [3.05, 3.63) is 34.7 Å². The average Bonchev–Trinajstić information content (AvgIpc) is 1.94. The van der Waals surface area contributed by atoms with Crippen molar-refractivity contribution in [1.29, 1.82) is 0 Å². The maximum atomic E-state index is 10.4. The van der Waals surface area contributed by atoms with Crippen molar-refractivity contribution in [3.8, 4) is 0 Å². The lowest BCUT2D eigenvalue weighted by Crippen LogP contribution is -1.87. The van der Waals surface area contributed by atoms with Crippen LogP contribution in [0.3, 0.4) is 0 Å². The summed E-state index contributed by atoms with van der Waals surface area (Å²) in [6.45, 7) is 0. The van der Waals surface area contributed by atoms with Gasteiger partial charge < -0.3 is 0 Å². The van der Waals surface area contributed by atoms with Gasteiger partial charge in [-0.3, -0.25) is 4.79 Å². The van der Waals surface area contributed by atoms with Crippen molar-refractivity contribution in [1.82, 2.24) is 10.2 Å². The molecule has 3 heteroatoms. The van der Waals surface area contributed by atoms with Gasteiger partial charge in [-0.2, -0.15) is 10.2 Å². The van der Waals surface area contributed by atoms with Crippen LogP contribution in [0.4, 0.5) is 0 Å². The number of hydrogen-bond acceptors (Lipinski definition) is 3. The average molecular weight is 108 g/mol. The van der Waals surface area contributed by atoms with Crippen LogP contribution in [0.15, 0.2) is 29.3 Å². The van der Waals surface area contributed by atoms with Crippen molar-refractivity contribution in [2.45, 2.75) is 0 Å². The largest absolute Gasteiger partial charge is 0.290 e. The summed E-state index contributed by atoms with van der Waals surface area (Å²) in [7, 11) is 0. The van der Waals surface area contributed by atoms with Crippen LogP contribution in [0.1, 0.15) is 0 Å². The molecule has 0 unspecified atom stereocenters. The van der Waals surface area contributed by atoms with Gasteiger partial charge in [-0.15, -0.1) is 0 Å². The van der Waals surface area contributed by atoms with Gasteiger partial charge in [0.1, 0.15) is 0 Å². The van der Waals surface area contributed by atoms with Gasteiger partial charge in [0.15, 0.2) is 5.43 Å². The first kappa shape index (κ1) is 4.90. The number of aromatic nitrogens is 2. The molecule has 0 aliphatic heterocycles. The zero-order valence-corrected chi connectivity index (χ0v) is 4.11. The molecular weight excluding hydrogens is 104 g/mol. The minimum Gasteiger partial charge on any atom is -0.290 e. The summed E-state index contributed by atoms with van der Waals surface area (Å²) in [4.78, 5) is 10.4. The third-order valence-corrected chi connectivity index (χ3v) is 0.678. The highest BCUT2D eigenvalue weighted by atomic mass is 16.1. The lowest BCUT2D eigenvalue weighted by molar-refractivity contribution is 1.05. The minimum atomic E-state index is -0.0741. The number of rotatable bonds is 0. The predicted octanol–water partition coefficient (Wildman–Crippen LogP) is -0.163. The summed E-state index contributed by atoms with van der Waals surface area (Å²) in [5.41, 5.74) is -0.0741. The molecule has 0 aliphatic rings. The molecule has 8 heavy (non-hydrogen) atoms. The highest BCUT2D eigenvalue weighted by molar-refractivity contribution is 4.86. The molecule has 0 aromatic carbocycles. The van der Waals surface area contributed by atoms with Gasteiger partial charge in [-0.05, 0) is 0 Å². The molecule has 0 atom stereocenters. The van der Waals surface area contributed by atoms with E-state index in [-0.39, 0.29) is 5.43 Å². The van der Waals surface area contributed by atoms with E-state index in [9.17, 15) is 4.79 Å². The zero-order chi connectivity index (χ0) is 5.82. The number of nitrogens with zero attached hydrogens (tertiary/aromatic N) is 2. The van der Waals surface area contributed by atoms with E-state index in [0.29, 0.717) is 0 Å². The van der Waals surface area contributed by atoms with Crippen LogP contribution in [-0.4, -0.2) is 10.2 Å². The van der Waals surface area contributed by atoms with E-state index in [1.165, 1.54) is 24.5 Å². The van der Waals surface area contributed by atoms with E-state index in [4.69, 9.17) is 0 Å². The SMILES string of the molecule is O=c1ccnncc1. The highest BCUT2D eigenvalue weighted by Gasteiger charge is 1.71. The van der Waals surface area contributed by atoms with E-state index < -0.39 is 0 Å². The van der Waals surface area contributed by atoms with E-state index in [2.05, 4.69) is 10.2 Å². The van der Waals surface area contributed by atoms with Gasteiger partial charge in [-0.25, -0.2) is 0 Å². The molecule has 0 N–H and O–H groups in total. The van der Waals surface area contributed by atoms with Crippen LogP contribution in [-0.2, 0) is 0 Å². The Morgan fingerprint density at radius 2 is 1.62 bits per heavy atom. The molecule has 40 valence electrons. The highest BCUT2D eigenvalue weighted by Crippen LogP contribution is 1.60. The van der Waals surface area contributed by atoms with Crippen LogP contribution in [0.2, 0.25) is 0 Å². The normalized spacial score (nSPS) is 8.50. The Hall–Kier alpha value is -1.25. The fraction of sp³-hybridized carbons (Fsp3) is 0. The van der Waals surface area contributed by atoms with Crippen molar-refractivity contribution in [3.63, 3.8) is 0 Å². The molecule has 0 saturated carbocycles. The van der Waals surface area contributed by atoms with Crippen LogP contribution >= 0.6 is 0 Å². The van der Waals surface area contributed by atoms with Gasteiger partial charge in [-0.1, -0.05) is 0 Å². The smallest absolute Gasteiger partial charge is 0.181 e. The monoisotopic (exact) mass is 108 g/mol. The molecule has 0 fully saturated rings. The molecule has 0 spiro atoms. The molecule has 3 nitrogen and oxygen atoms in total. The van der Waals surface area contributed by atoms with Crippen LogP contribution in [0.5, 0.6) is 0 Å². The van der Waals surface area contributed by atoms with Crippen molar-refractivity contribution >= 4 is 0 Å². The third-order valence-electron chi connectivity index (χ3n) is 0.678. The van der Waals surface area contributed by atoms with Crippen LogP contribution in [0.25, 0.3) is 0 Å². The third kappa shape index (κ3) is 1.11. The summed E-state index contributed by atoms with van der Waals surface area (Å²) in [6.07, 6.45) is 2.73. The molecular formula is C5H4N2O. The molecule has 0 bridgehead atoms. The summed E-state index contributed by atoms with van der Waals surface area (Å²) < 4.78 is 0. The fourth-order valence-electron chi connectivity index (χ4n) is 0.346. The second-order valence-corrected chi connectivity index (χ2v) is 1.26. The standard InChI is InChI=1S/C5H4N2O/c8-5-1-3-6-7-4-2-5/h1-4H. The van der Waals surface area contributed by atoms with Crippen molar-refractivity contribution in [2.75, 3.05) is 0 Å². The summed E-state index contributed by atoms with van der Waals surface area (Å²) >= 11 is 0. The van der Waals surface area contributed by atoms with E-state index in [1.807, 2.05) is 0 Å². The lowest BCUT2D eigenvalue weighted by Gasteiger charge is -1.54. The van der Waals surface area contributed by atoms with E-state index in [1.54, 1.807) is 0 Å². The van der Waals surface area contributed by atoms with Gasteiger partial charge in [0.05, 0.1) is 12.4 Å².